The quantitative estimate of drug-likeness (QED) is 0.455. The molecule has 0 saturated heterocycles. The predicted octanol–water partition coefficient (Wildman–Crippen LogP) is 1.91. The summed E-state index contributed by atoms with van der Waals surface area (Å²) in [6.07, 6.45) is 1.87. The van der Waals surface area contributed by atoms with Gasteiger partial charge in [-0.25, -0.2) is 4.98 Å². The highest BCUT2D eigenvalue weighted by atomic mass is 16.4. The first-order chi connectivity index (χ1) is 12.0. The summed E-state index contributed by atoms with van der Waals surface area (Å²) in [5.41, 5.74) is 1.96. The zero-order chi connectivity index (χ0) is 18.2. The topological polar surface area (TPSA) is 84.5 Å². The van der Waals surface area contributed by atoms with Crippen LogP contribution in [0.4, 0.5) is 0 Å². The molecule has 7 heteroatoms. The van der Waals surface area contributed by atoms with Crippen LogP contribution in [0.2, 0.25) is 0 Å². The molecule has 2 aromatic rings. The molecule has 0 bridgehead atoms. The molecule has 7 nitrogen and oxygen atoms in total. The summed E-state index contributed by atoms with van der Waals surface area (Å²) in [7, 11) is 1.73. The van der Waals surface area contributed by atoms with Gasteiger partial charge < -0.3 is 19.6 Å². The second kappa shape index (κ2) is 9.05. The zero-order valence-corrected chi connectivity index (χ0v) is 15.4. The van der Waals surface area contributed by atoms with E-state index < -0.39 is 0 Å². The number of nitrogens with zero attached hydrogens (tertiary/aromatic N) is 3. The van der Waals surface area contributed by atoms with E-state index in [1.807, 2.05) is 26.8 Å². The highest BCUT2D eigenvalue weighted by Gasteiger charge is 2.06. The van der Waals surface area contributed by atoms with Crippen LogP contribution in [-0.2, 0) is 13.1 Å². The summed E-state index contributed by atoms with van der Waals surface area (Å²) < 4.78 is 7.34. The van der Waals surface area contributed by atoms with Crippen LogP contribution in [0.3, 0.4) is 0 Å². The van der Waals surface area contributed by atoms with Gasteiger partial charge in [-0.3, -0.25) is 9.79 Å². The van der Waals surface area contributed by atoms with Crippen molar-refractivity contribution < 1.29 is 4.42 Å². The van der Waals surface area contributed by atoms with E-state index in [-0.39, 0.29) is 5.56 Å². The van der Waals surface area contributed by atoms with Crippen LogP contribution in [0.5, 0.6) is 0 Å². The summed E-state index contributed by atoms with van der Waals surface area (Å²) in [5, 5.41) is 6.44. The van der Waals surface area contributed by atoms with Gasteiger partial charge in [-0.05, 0) is 39.7 Å². The van der Waals surface area contributed by atoms with E-state index >= 15 is 0 Å². The molecule has 136 valence electrons. The lowest BCUT2D eigenvalue weighted by atomic mass is 10.3. The van der Waals surface area contributed by atoms with Crippen molar-refractivity contribution in [2.24, 2.45) is 4.99 Å². The van der Waals surface area contributed by atoms with Crippen molar-refractivity contribution in [2.75, 3.05) is 13.6 Å². The second-order valence-corrected chi connectivity index (χ2v) is 5.97. The Bertz CT molecular complexity index is 757. The van der Waals surface area contributed by atoms with Crippen molar-refractivity contribution >= 4 is 5.96 Å². The number of aryl methyl sites for hydroxylation is 3. The minimum Gasteiger partial charge on any atom is -0.444 e. The van der Waals surface area contributed by atoms with Gasteiger partial charge in [-0.15, -0.1) is 0 Å². The number of unbranched alkanes of at least 4 members (excludes halogenated alkanes) is 1. The van der Waals surface area contributed by atoms with Crippen LogP contribution in [0.25, 0.3) is 0 Å². The molecule has 0 aliphatic carbocycles. The highest BCUT2D eigenvalue weighted by molar-refractivity contribution is 5.79. The maximum absolute atomic E-state index is 11.8. The SMILES string of the molecule is CN=C(NCCCCn1c(C)cccc1=O)NCc1nc(C)c(C)o1. The summed E-state index contributed by atoms with van der Waals surface area (Å²) in [6, 6.07) is 5.35. The van der Waals surface area contributed by atoms with Gasteiger partial charge in [0.2, 0.25) is 5.89 Å². The molecule has 2 rings (SSSR count). The second-order valence-electron chi connectivity index (χ2n) is 5.97. The van der Waals surface area contributed by atoms with Crippen molar-refractivity contribution in [3.05, 3.63) is 51.6 Å². The number of oxazole rings is 1. The molecule has 2 N–H and O–H groups in total. The summed E-state index contributed by atoms with van der Waals surface area (Å²) in [5.74, 6) is 2.20. The maximum Gasteiger partial charge on any atom is 0.250 e. The molecule has 0 amide bonds. The van der Waals surface area contributed by atoms with Gasteiger partial charge in [-0.2, -0.15) is 0 Å². The molecule has 0 spiro atoms. The van der Waals surface area contributed by atoms with Gasteiger partial charge in [0.25, 0.3) is 5.56 Å². The fourth-order valence-corrected chi connectivity index (χ4v) is 2.51. The molecule has 0 atom stereocenters. The highest BCUT2D eigenvalue weighted by Crippen LogP contribution is 2.07. The van der Waals surface area contributed by atoms with Gasteiger partial charge in [0.05, 0.1) is 12.2 Å². The van der Waals surface area contributed by atoms with E-state index in [4.69, 9.17) is 4.42 Å². The van der Waals surface area contributed by atoms with E-state index in [0.717, 1.165) is 43.1 Å². The van der Waals surface area contributed by atoms with E-state index in [2.05, 4.69) is 20.6 Å². The van der Waals surface area contributed by atoms with Crippen LogP contribution in [0, 0.1) is 20.8 Å². The Labute approximate surface area is 148 Å². The fraction of sp³-hybridized carbons (Fsp3) is 0.500. The predicted molar refractivity (Wildman–Crippen MR) is 98.9 cm³/mol. The van der Waals surface area contributed by atoms with Gasteiger partial charge >= 0.3 is 0 Å². The first-order valence-electron chi connectivity index (χ1n) is 8.55. The van der Waals surface area contributed by atoms with Crippen molar-refractivity contribution in [3.8, 4) is 0 Å². The van der Waals surface area contributed by atoms with E-state index in [1.165, 1.54) is 0 Å². The summed E-state index contributed by atoms with van der Waals surface area (Å²) in [6.45, 7) is 7.79. The lowest BCUT2D eigenvalue weighted by Gasteiger charge is -2.12. The van der Waals surface area contributed by atoms with Crippen molar-refractivity contribution in [1.82, 2.24) is 20.2 Å². The number of nitrogens with one attached hydrogen (secondary N) is 2. The maximum atomic E-state index is 11.8. The first-order valence-corrected chi connectivity index (χ1v) is 8.55. The fourth-order valence-electron chi connectivity index (χ4n) is 2.51. The third-order valence-electron chi connectivity index (χ3n) is 4.07. The molecule has 2 heterocycles. The number of guanidine groups is 1. The van der Waals surface area contributed by atoms with Crippen LogP contribution < -0.4 is 16.2 Å². The third kappa shape index (κ3) is 5.48. The molecule has 0 aliphatic rings. The average molecular weight is 345 g/mol. The van der Waals surface area contributed by atoms with Gasteiger partial charge in [0.15, 0.2) is 5.96 Å². The van der Waals surface area contributed by atoms with Crippen molar-refractivity contribution in [2.45, 2.75) is 46.7 Å². The van der Waals surface area contributed by atoms with Crippen molar-refractivity contribution in [3.63, 3.8) is 0 Å². The number of aromatic nitrogens is 2. The average Bonchev–Trinajstić information content (AvgIpc) is 2.90. The van der Waals surface area contributed by atoms with Gasteiger partial charge in [-0.1, -0.05) is 6.07 Å². The Kier molecular flexibility index (Phi) is 6.80. The van der Waals surface area contributed by atoms with Crippen LogP contribution in [-0.4, -0.2) is 29.1 Å². The van der Waals surface area contributed by atoms with E-state index in [9.17, 15) is 4.79 Å². The zero-order valence-electron chi connectivity index (χ0n) is 15.4. The number of hydrogen-bond donors (Lipinski definition) is 2. The Morgan fingerprint density at radius 1 is 1.24 bits per heavy atom. The first kappa shape index (κ1) is 18.8. The van der Waals surface area contributed by atoms with Crippen LogP contribution >= 0.6 is 0 Å². The largest absolute Gasteiger partial charge is 0.444 e. The number of pyridine rings is 1. The molecule has 0 unspecified atom stereocenters. The smallest absolute Gasteiger partial charge is 0.250 e. The van der Waals surface area contributed by atoms with Crippen LogP contribution in [0.15, 0.2) is 32.4 Å². The van der Waals surface area contributed by atoms with Gasteiger partial charge in [0.1, 0.15) is 5.76 Å². The van der Waals surface area contributed by atoms with Crippen molar-refractivity contribution in [1.29, 1.82) is 0 Å². The number of rotatable bonds is 7. The molecule has 0 aromatic carbocycles. The Morgan fingerprint density at radius 3 is 2.68 bits per heavy atom. The normalized spacial score (nSPS) is 11.6. The summed E-state index contributed by atoms with van der Waals surface area (Å²) >= 11 is 0. The Morgan fingerprint density at radius 2 is 2.04 bits per heavy atom. The lowest BCUT2D eigenvalue weighted by Crippen LogP contribution is -2.37. The standard InChI is InChI=1S/C18H27N5O2/c1-13-8-7-9-17(24)23(13)11-6-5-10-20-18(19-4)21-12-16-22-14(2)15(3)25-16/h7-9H,5-6,10-12H2,1-4H3,(H2,19,20,21). The Balaban J connectivity index is 1.70. The molecular weight excluding hydrogens is 318 g/mol. The minimum atomic E-state index is 0.0574. The molecule has 0 fully saturated rings. The number of hydrogen-bond acceptors (Lipinski definition) is 4. The molecule has 0 radical (unpaired) electrons. The van der Waals surface area contributed by atoms with Crippen LogP contribution in [0.1, 0.15) is 35.9 Å². The van der Waals surface area contributed by atoms with E-state index in [0.29, 0.717) is 18.4 Å². The molecule has 0 aliphatic heterocycles. The van der Waals surface area contributed by atoms with E-state index in [1.54, 1.807) is 23.7 Å². The molecule has 2 aromatic heterocycles. The Hall–Kier alpha value is -2.57. The minimum absolute atomic E-state index is 0.0574. The monoisotopic (exact) mass is 345 g/mol. The molecule has 0 saturated carbocycles. The molecular formula is C18H27N5O2. The summed E-state index contributed by atoms with van der Waals surface area (Å²) in [4.78, 5) is 20.3. The third-order valence-corrected chi connectivity index (χ3v) is 4.07. The lowest BCUT2D eigenvalue weighted by molar-refractivity contribution is 0.463. The van der Waals surface area contributed by atoms with Gasteiger partial charge in [0, 0.05) is 31.9 Å². The molecule has 25 heavy (non-hydrogen) atoms. The number of aliphatic imine (C=N–C) groups is 1.